The van der Waals surface area contributed by atoms with E-state index >= 15 is 0 Å². The summed E-state index contributed by atoms with van der Waals surface area (Å²) in [6.07, 6.45) is -1.39. The van der Waals surface area contributed by atoms with Crippen LogP contribution in [-0.4, -0.2) is 43.2 Å². The van der Waals surface area contributed by atoms with Crippen LogP contribution in [0.5, 0.6) is 11.5 Å². The minimum absolute atomic E-state index is 0.0150. The number of nitrogens with zero attached hydrogens (tertiary/aromatic N) is 4. The average molecular weight is 419 g/mol. The summed E-state index contributed by atoms with van der Waals surface area (Å²) < 4.78 is 36.6. The molecule has 0 N–H and O–H groups in total. The normalized spacial score (nSPS) is 13.8. The molecule has 0 unspecified atom stereocenters. The first-order valence-corrected chi connectivity index (χ1v) is 8.41. The van der Waals surface area contributed by atoms with E-state index in [1.807, 2.05) is 0 Å². The summed E-state index contributed by atoms with van der Waals surface area (Å²) in [5.41, 5.74) is 0.690. The minimum atomic E-state index is -2.77. The Balaban J connectivity index is 2.12. The number of alkyl halides is 2. The average Bonchev–Trinajstić information content (AvgIpc) is 2.64. The van der Waals surface area contributed by atoms with Gasteiger partial charge in [0.15, 0.2) is 0 Å². The Hall–Kier alpha value is -2.39. The number of benzene rings is 1. The fraction of sp³-hybridized carbons (Fsp3) is 0.312. The van der Waals surface area contributed by atoms with Gasteiger partial charge in [-0.05, 0) is 11.6 Å². The van der Waals surface area contributed by atoms with Crippen molar-refractivity contribution < 1.29 is 23.0 Å². The van der Waals surface area contributed by atoms with E-state index in [2.05, 4.69) is 9.97 Å². The highest BCUT2D eigenvalue weighted by Gasteiger charge is 2.36. The van der Waals surface area contributed by atoms with Crippen LogP contribution in [0, 0.1) is 0 Å². The van der Waals surface area contributed by atoms with E-state index < -0.39 is 19.0 Å². The van der Waals surface area contributed by atoms with Gasteiger partial charge in [-0.3, -0.25) is 9.80 Å². The number of aromatic nitrogens is 2. The molecule has 0 bridgehead atoms. The Morgan fingerprint density at radius 2 is 2.00 bits per heavy atom. The van der Waals surface area contributed by atoms with Crippen LogP contribution >= 0.6 is 23.2 Å². The van der Waals surface area contributed by atoms with Gasteiger partial charge in [-0.1, -0.05) is 11.6 Å². The molecule has 144 valence electrons. The molecule has 3 rings (SSSR count). The van der Waals surface area contributed by atoms with E-state index in [1.54, 1.807) is 6.07 Å². The monoisotopic (exact) mass is 418 g/mol. The van der Waals surface area contributed by atoms with Crippen molar-refractivity contribution in [2.45, 2.75) is 13.0 Å². The Morgan fingerprint density at radius 1 is 1.26 bits per heavy atom. The maximum absolute atomic E-state index is 13.1. The summed E-state index contributed by atoms with van der Waals surface area (Å²) in [5, 5.41) is -0.00247. The first-order valence-electron chi connectivity index (χ1n) is 7.65. The number of amides is 2. The fourth-order valence-electron chi connectivity index (χ4n) is 2.71. The number of rotatable bonds is 5. The SMILES string of the molecule is COc1cc(OC)c(Cl)c(N2Cc3cnc(Cl)nc3N(CC(F)F)C2=O)c1. The van der Waals surface area contributed by atoms with Crippen LogP contribution in [0.15, 0.2) is 18.3 Å². The lowest BCUT2D eigenvalue weighted by molar-refractivity contribution is 0.154. The second-order valence-electron chi connectivity index (χ2n) is 5.52. The van der Waals surface area contributed by atoms with E-state index in [9.17, 15) is 13.6 Å². The van der Waals surface area contributed by atoms with E-state index in [4.69, 9.17) is 32.7 Å². The number of carbonyl (C=O) groups is 1. The number of urea groups is 1. The number of methoxy groups -OCH3 is 2. The molecule has 1 aromatic heterocycles. The van der Waals surface area contributed by atoms with Gasteiger partial charge in [-0.25, -0.2) is 18.6 Å². The van der Waals surface area contributed by atoms with Crippen molar-refractivity contribution in [2.24, 2.45) is 0 Å². The van der Waals surface area contributed by atoms with Crippen LogP contribution in [-0.2, 0) is 6.54 Å². The number of hydrogen-bond acceptors (Lipinski definition) is 5. The molecule has 1 aliphatic rings. The van der Waals surface area contributed by atoms with Gasteiger partial charge in [0.05, 0.1) is 33.0 Å². The predicted octanol–water partition coefficient (Wildman–Crippen LogP) is 4.01. The molecular formula is C16H14Cl2F2N4O3. The molecule has 0 atom stereocenters. The van der Waals surface area contributed by atoms with Gasteiger partial charge in [0.1, 0.15) is 22.3 Å². The summed E-state index contributed by atoms with van der Waals surface area (Å²) in [7, 11) is 2.86. The molecule has 1 aliphatic heterocycles. The summed E-state index contributed by atoms with van der Waals surface area (Å²) in [6, 6.07) is 2.34. The van der Waals surface area contributed by atoms with Crippen molar-refractivity contribution in [3.05, 3.63) is 34.2 Å². The zero-order valence-corrected chi connectivity index (χ0v) is 15.8. The van der Waals surface area contributed by atoms with Gasteiger partial charge in [0, 0.05) is 23.9 Å². The largest absolute Gasteiger partial charge is 0.497 e. The van der Waals surface area contributed by atoms with Crippen LogP contribution < -0.4 is 19.3 Å². The van der Waals surface area contributed by atoms with Crippen molar-refractivity contribution in [2.75, 3.05) is 30.6 Å². The van der Waals surface area contributed by atoms with Crippen LogP contribution in [0.4, 0.5) is 25.1 Å². The highest BCUT2D eigenvalue weighted by atomic mass is 35.5. The molecule has 0 fully saturated rings. The molecule has 7 nitrogen and oxygen atoms in total. The zero-order valence-electron chi connectivity index (χ0n) is 14.2. The van der Waals surface area contributed by atoms with Gasteiger partial charge in [-0.15, -0.1) is 0 Å². The Morgan fingerprint density at radius 3 is 2.63 bits per heavy atom. The molecule has 2 aromatic rings. The highest BCUT2D eigenvalue weighted by Crippen LogP contribution is 2.41. The van der Waals surface area contributed by atoms with E-state index in [0.717, 1.165) is 4.90 Å². The number of carbonyl (C=O) groups excluding carboxylic acids is 1. The first-order chi connectivity index (χ1) is 12.8. The number of hydrogen-bond donors (Lipinski definition) is 0. The molecule has 11 heteroatoms. The van der Waals surface area contributed by atoms with E-state index in [0.29, 0.717) is 11.3 Å². The maximum atomic E-state index is 13.1. The van der Waals surface area contributed by atoms with Crippen molar-refractivity contribution in [1.29, 1.82) is 0 Å². The first kappa shape index (κ1) is 19.4. The number of anilines is 2. The van der Waals surface area contributed by atoms with Gasteiger partial charge in [0.2, 0.25) is 5.28 Å². The lowest BCUT2D eigenvalue weighted by Gasteiger charge is -2.36. The predicted molar refractivity (Wildman–Crippen MR) is 96.5 cm³/mol. The summed E-state index contributed by atoms with van der Waals surface area (Å²) >= 11 is 12.1. The second-order valence-corrected chi connectivity index (χ2v) is 6.24. The minimum Gasteiger partial charge on any atom is -0.497 e. The van der Waals surface area contributed by atoms with Gasteiger partial charge >= 0.3 is 6.03 Å². The van der Waals surface area contributed by atoms with Gasteiger partial charge in [0.25, 0.3) is 6.43 Å². The van der Waals surface area contributed by atoms with Crippen LogP contribution in [0.25, 0.3) is 0 Å². The lowest BCUT2D eigenvalue weighted by atomic mass is 10.1. The molecule has 27 heavy (non-hydrogen) atoms. The second kappa shape index (κ2) is 7.69. The molecule has 2 amide bonds. The highest BCUT2D eigenvalue weighted by molar-refractivity contribution is 6.35. The van der Waals surface area contributed by atoms with E-state index in [1.165, 1.54) is 31.4 Å². The smallest absolute Gasteiger partial charge is 0.330 e. The quantitative estimate of drug-likeness (QED) is 0.686. The molecular weight excluding hydrogens is 405 g/mol. The molecule has 0 saturated carbocycles. The summed E-state index contributed by atoms with van der Waals surface area (Å²) in [6.45, 7) is -0.838. The van der Waals surface area contributed by atoms with Gasteiger partial charge < -0.3 is 9.47 Å². The summed E-state index contributed by atoms with van der Waals surface area (Å²) in [5.74, 6) is 0.706. The Kier molecular flexibility index (Phi) is 5.52. The van der Waals surface area contributed by atoms with E-state index in [-0.39, 0.29) is 34.1 Å². The van der Waals surface area contributed by atoms with Crippen molar-refractivity contribution in [3.8, 4) is 11.5 Å². The fourth-order valence-corrected chi connectivity index (χ4v) is 3.13. The maximum Gasteiger partial charge on any atom is 0.330 e. The molecule has 1 aromatic carbocycles. The van der Waals surface area contributed by atoms with Gasteiger partial charge in [-0.2, -0.15) is 4.98 Å². The topological polar surface area (TPSA) is 67.8 Å². The van der Waals surface area contributed by atoms with Crippen molar-refractivity contribution in [1.82, 2.24) is 9.97 Å². The van der Waals surface area contributed by atoms with Crippen LogP contribution in [0.3, 0.4) is 0 Å². The van der Waals surface area contributed by atoms with Crippen LogP contribution in [0.2, 0.25) is 10.3 Å². The number of halogens is 4. The Bertz CT molecular complexity index is 885. The zero-order chi connectivity index (χ0) is 19.7. The molecule has 2 heterocycles. The summed E-state index contributed by atoms with van der Waals surface area (Å²) in [4.78, 5) is 22.8. The lowest BCUT2D eigenvalue weighted by Crippen LogP contribution is -2.49. The molecule has 0 radical (unpaired) electrons. The van der Waals surface area contributed by atoms with Crippen molar-refractivity contribution in [3.63, 3.8) is 0 Å². The van der Waals surface area contributed by atoms with Crippen LogP contribution in [0.1, 0.15) is 5.56 Å². The third-order valence-corrected chi connectivity index (χ3v) is 4.48. The number of fused-ring (bicyclic) bond motifs is 1. The van der Waals surface area contributed by atoms with Crippen molar-refractivity contribution >= 4 is 40.7 Å². The molecule has 0 saturated heterocycles. The number of ether oxygens (including phenoxy) is 2. The standard InChI is InChI=1S/C16H14Cl2F2N4O3/c1-26-9-3-10(13(17)11(4-9)27-2)23-6-8-5-21-15(18)22-14(8)24(16(23)25)7-12(19)20/h3-5,12H,6-7H2,1-2H3. The third-order valence-electron chi connectivity index (χ3n) is 3.92. The Labute approximate surface area is 163 Å². The molecule has 0 aliphatic carbocycles. The molecule has 0 spiro atoms. The third kappa shape index (κ3) is 3.70.